The van der Waals surface area contributed by atoms with Gasteiger partial charge in [0.05, 0.1) is 13.2 Å². The first kappa shape index (κ1) is 16.8. The lowest BCUT2D eigenvalue weighted by Crippen LogP contribution is -1.94. The Hall–Kier alpha value is -1.01. The third kappa shape index (κ3) is 5.84. The summed E-state index contributed by atoms with van der Waals surface area (Å²) in [7, 11) is 0. The van der Waals surface area contributed by atoms with Crippen LogP contribution in [0, 0.1) is 0 Å². The van der Waals surface area contributed by atoms with Crippen LogP contribution in [0.25, 0.3) is 0 Å². The summed E-state index contributed by atoms with van der Waals surface area (Å²) in [6.07, 6.45) is 2.18. The van der Waals surface area contributed by atoms with Gasteiger partial charge in [0, 0.05) is 14.4 Å². The number of hydrogen-bond acceptors (Lipinski definition) is 5. The van der Waals surface area contributed by atoms with Crippen LogP contribution in [0.2, 0.25) is 0 Å². The Bertz CT molecular complexity index is 618. The highest BCUT2D eigenvalue weighted by atomic mass is 32.3. The molecule has 0 atom stereocenters. The molecule has 0 saturated carbocycles. The van der Waals surface area contributed by atoms with Crippen molar-refractivity contribution in [3.8, 4) is 11.5 Å². The molecule has 1 saturated heterocycles. The van der Waals surface area contributed by atoms with Gasteiger partial charge in [0.2, 0.25) is 0 Å². The van der Waals surface area contributed by atoms with Crippen molar-refractivity contribution >= 4 is 35.3 Å². The fraction of sp³-hybridized carbons (Fsp3) is 0.222. The first-order valence-electron chi connectivity index (χ1n) is 7.33. The van der Waals surface area contributed by atoms with Crippen LogP contribution in [0.5, 0.6) is 11.5 Å². The number of hydrogen-bond donors (Lipinski definition) is 0. The average molecular weight is 363 g/mol. The summed E-state index contributed by atoms with van der Waals surface area (Å²) in [5.74, 6) is 1.69. The van der Waals surface area contributed by atoms with Crippen molar-refractivity contribution in [1.82, 2.24) is 0 Å². The minimum Gasteiger partial charge on any atom is -0.457 e. The van der Waals surface area contributed by atoms with Gasteiger partial charge in [-0.2, -0.15) is 0 Å². The zero-order chi connectivity index (χ0) is 15.7. The Balaban J connectivity index is 1.44. The van der Waals surface area contributed by atoms with Crippen LogP contribution in [0.15, 0.2) is 64.9 Å². The summed E-state index contributed by atoms with van der Waals surface area (Å²) in [5.41, 5.74) is 1.16. The second-order valence-electron chi connectivity index (χ2n) is 4.83. The van der Waals surface area contributed by atoms with Gasteiger partial charge in [0.15, 0.2) is 0 Å². The van der Waals surface area contributed by atoms with Gasteiger partial charge in [-0.05, 0) is 35.9 Å². The molecule has 23 heavy (non-hydrogen) atoms. The van der Waals surface area contributed by atoms with Crippen LogP contribution < -0.4 is 4.74 Å². The van der Waals surface area contributed by atoms with E-state index in [9.17, 15) is 0 Å². The highest BCUT2D eigenvalue weighted by Crippen LogP contribution is 2.39. The van der Waals surface area contributed by atoms with Crippen molar-refractivity contribution in [2.75, 3.05) is 16.8 Å². The molecule has 1 heterocycles. The molecule has 1 fully saturated rings. The Kier molecular flexibility index (Phi) is 6.83. The Morgan fingerprint density at radius 3 is 2.30 bits per heavy atom. The number of rotatable bonds is 6. The van der Waals surface area contributed by atoms with E-state index in [-0.39, 0.29) is 0 Å². The summed E-state index contributed by atoms with van der Waals surface area (Å²) in [5, 5.41) is 2.31. The molecule has 2 aromatic rings. The number of thioether (sulfide) groups is 3. The summed E-state index contributed by atoms with van der Waals surface area (Å²) < 4.78 is 12.9. The molecule has 120 valence electrons. The van der Waals surface area contributed by atoms with Crippen molar-refractivity contribution in [3.05, 3.63) is 70.5 Å². The Labute approximate surface area is 150 Å². The van der Waals surface area contributed by atoms with Gasteiger partial charge in [0.1, 0.15) is 11.5 Å². The lowest BCUT2D eigenvalue weighted by atomic mass is 10.2. The Morgan fingerprint density at radius 1 is 0.870 bits per heavy atom. The summed E-state index contributed by atoms with van der Waals surface area (Å²) in [4.78, 5) is 0. The van der Waals surface area contributed by atoms with E-state index in [1.54, 1.807) is 0 Å². The van der Waals surface area contributed by atoms with Crippen LogP contribution in [0.1, 0.15) is 5.56 Å². The minimum atomic E-state index is 0.624. The standard InChI is InChI=1S/C18H18O2S3/c1-2-4-16(5-3-1)20-17-8-6-15(7-9-17)12-19-11-10-18-22-13-21-14-23-18/h1-10H,11-14H2. The molecule has 0 spiro atoms. The minimum absolute atomic E-state index is 0.624. The van der Waals surface area contributed by atoms with E-state index in [4.69, 9.17) is 9.47 Å². The topological polar surface area (TPSA) is 18.5 Å². The summed E-state index contributed by atoms with van der Waals surface area (Å²) in [6.45, 7) is 1.29. The summed E-state index contributed by atoms with van der Waals surface area (Å²) >= 11 is 5.77. The van der Waals surface area contributed by atoms with Crippen molar-refractivity contribution in [2.45, 2.75) is 6.61 Å². The molecule has 0 aliphatic carbocycles. The molecule has 0 amide bonds. The normalized spacial score (nSPS) is 14.5. The molecular formula is C18H18O2S3. The van der Waals surface area contributed by atoms with E-state index < -0.39 is 0 Å². The number of para-hydroxylation sites is 1. The molecule has 0 N–H and O–H groups in total. The monoisotopic (exact) mass is 362 g/mol. The maximum absolute atomic E-state index is 5.78. The maximum atomic E-state index is 5.78. The van der Waals surface area contributed by atoms with Gasteiger partial charge < -0.3 is 9.47 Å². The lowest BCUT2D eigenvalue weighted by molar-refractivity contribution is 0.148. The van der Waals surface area contributed by atoms with Crippen LogP contribution >= 0.6 is 35.3 Å². The predicted molar refractivity (Wildman–Crippen MR) is 103 cm³/mol. The summed E-state index contributed by atoms with van der Waals surface area (Å²) in [6, 6.07) is 17.9. The van der Waals surface area contributed by atoms with E-state index in [0.717, 1.165) is 27.2 Å². The first-order chi connectivity index (χ1) is 11.4. The molecule has 1 aliphatic heterocycles. The highest BCUT2D eigenvalue weighted by Gasteiger charge is 2.05. The first-order valence-corrected chi connectivity index (χ1v) is 10.5. The van der Waals surface area contributed by atoms with Crippen LogP contribution in [0.3, 0.4) is 0 Å². The van der Waals surface area contributed by atoms with E-state index >= 15 is 0 Å². The third-order valence-electron chi connectivity index (χ3n) is 3.11. The van der Waals surface area contributed by atoms with E-state index in [1.165, 1.54) is 4.24 Å². The van der Waals surface area contributed by atoms with Gasteiger partial charge in [-0.15, -0.1) is 35.3 Å². The second kappa shape index (κ2) is 9.33. The van der Waals surface area contributed by atoms with E-state index in [0.29, 0.717) is 13.2 Å². The van der Waals surface area contributed by atoms with Crippen LogP contribution in [0.4, 0.5) is 0 Å². The zero-order valence-electron chi connectivity index (χ0n) is 12.6. The predicted octanol–water partition coefficient (Wildman–Crippen LogP) is 5.97. The number of ether oxygens (including phenoxy) is 2. The molecule has 2 aromatic carbocycles. The van der Waals surface area contributed by atoms with E-state index in [2.05, 4.69) is 6.08 Å². The van der Waals surface area contributed by atoms with Crippen molar-refractivity contribution in [1.29, 1.82) is 0 Å². The zero-order valence-corrected chi connectivity index (χ0v) is 15.1. The quantitative estimate of drug-likeness (QED) is 0.588. The fourth-order valence-electron chi connectivity index (χ4n) is 1.98. The fourth-order valence-corrected chi connectivity index (χ4v) is 6.03. The molecule has 3 rings (SSSR count). The SMILES string of the molecule is C(COCc1ccc(Oc2ccccc2)cc1)=C1SCSCS1. The number of benzene rings is 2. The molecular weight excluding hydrogens is 344 g/mol. The molecule has 0 aromatic heterocycles. The molecule has 2 nitrogen and oxygen atoms in total. The second-order valence-corrected chi connectivity index (χ2v) is 8.84. The highest BCUT2D eigenvalue weighted by molar-refractivity contribution is 8.35. The third-order valence-corrected chi connectivity index (χ3v) is 6.99. The molecule has 0 bridgehead atoms. The molecule has 5 heteroatoms. The maximum Gasteiger partial charge on any atom is 0.127 e. The molecule has 0 unspecified atom stereocenters. The smallest absolute Gasteiger partial charge is 0.127 e. The van der Waals surface area contributed by atoms with E-state index in [1.807, 2.05) is 89.9 Å². The Morgan fingerprint density at radius 2 is 1.57 bits per heavy atom. The van der Waals surface area contributed by atoms with Crippen LogP contribution in [-0.2, 0) is 11.3 Å². The average Bonchev–Trinajstić information content (AvgIpc) is 2.62. The largest absolute Gasteiger partial charge is 0.457 e. The van der Waals surface area contributed by atoms with Crippen molar-refractivity contribution in [3.63, 3.8) is 0 Å². The van der Waals surface area contributed by atoms with Crippen molar-refractivity contribution < 1.29 is 9.47 Å². The van der Waals surface area contributed by atoms with Crippen LogP contribution in [-0.4, -0.2) is 16.8 Å². The molecule has 1 aliphatic rings. The lowest BCUT2D eigenvalue weighted by Gasteiger charge is -2.12. The van der Waals surface area contributed by atoms with Gasteiger partial charge in [-0.25, -0.2) is 0 Å². The van der Waals surface area contributed by atoms with Gasteiger partial charge in [-0.1, -0.05) is 30.3 Å². The molecule has 0 radical (unpaired) electrons. The van der Waals surface area contributed by atoms with Crippen molar-refractivity contribution in [2.24, 2.45) is 0 Å². The van der Waals surface area contributed by atoms with Gasteiger partial charge >= 0.3 is 0 Å². The van der Waals surface area contributed by atoms with Gasteiger partial charge in [-0.3, -0.25) is 0 Å². The van der Waals surface area contributed by atoms with Gasteiger partial charge in [0.25, 0.3) is 0 Å².